The highest BCUT2D eigenvalue weighted by atomic mass is 79.9. The van der Waals surface area contributed by atoms with E-state index in [2.05, 4.69) is 26.3 Å². The van der Waals surface area contributed by atoms with Gasteiger partial charge in [0.1, 0.15) is 10.2 Å². The molecule has 30 heavy (non-hydrogen) atoms. The van der Waals surface area contributed by atoms with Crippen molar-refractivity contribution in [1.82, 2.24) is 14.7 Å². The summed E-state index contributed by atoms with van der Waals surface area (Å²) < 4.78 is 1.30. The minimum Gasteiger partial charge on any atom is -0.505 e. The summed E-state index contributed by atoms with van der Waals surface area (Å²) in [6.07, 6.45) is 4.60. The third-order valence-electron chi connectivity index (χ3n) is 5.15. The van der Waals surface area contributed by atoms with Gasteiger partial charge in [-0.25, -0.2) is 4.68 Å². The quantitative estimate of drug-likeness (QED) is 0.582. The van der Waals surface area contributed by atoms with Crippen molar-refractivity contribution in [2.75, 3.05) is 19.4 Å². The van der Waals surface area contributed by atoms with Gasteiger partial charge in [0.2, 0.25) is 0 Å². The van der Waals surface area contributed by atoms with Crippen LogP contribution in [0.4, 0.5) is 11.4 Å². The summed E-state index contributed by atoms with van der Waals surface area (Å²) in [4.78, 5) is 39.2. The van der Waals surface area contributed by atoms with Gasteiger partial charge in [0.15, 0.2) is 5.75 Å². The topological polar surface area (TPSA) is 131 Å². The first-order valence-corrected chi connectivity index (χ1v) is 10.3. The average Bonchev–Trinajstić information content (AvgIpc) is 2.74. The molecule has 0 unspecified atom stereocenters. The van der Waals surface area contributed by atoms with Gasteiger partial charge in [0, 0.05) is 14.1 Å². The molecule has 10 heteroatoms. The molecule has 0 aliphatic heterocycles. The number of nitriles is 1. The Hall–Kier alpha value is -3.06. The number of amides is 1. The van der Waals surface area contributed by atoms with E-state index >= 15 is 0 Å². The Kier molecular flexibility index (Phi) is 6.31. The molecule has 0 atom stereocenters. The van der Waals surface area contributed by atoms with Crippen LogP contribution in [-0.2, 0) is 0 Å². The van der Waals surface area contributed by atoms with Gasteiger partial charge in [-0.3, -0.25) is 19.5 Å². The first-order valence-electron chi connectivity index (χ1n) is 9.54. The van der Waals surface area contributed by atoms with Gasteiger partial charge in [0.25, 0.3) is 17.0 Å². The second-order valence-electron chi connectivity index (χ2n) is 7.45. The Morgan fingerprint density at radius 2 is 1.97 bits per heavy atom. The number of anilines is 2. The van der Waals surface area contributed by atoms with Crippen LogP contribution in [0.25, 0.3) is 0 Å². The molecule has 1 aliphatic rings. The molecule has 0 spiro atoms. The SMILES string of the molecule is CN(C)C(=O)c1cc(C#N)cc(Nc2c(Br)c(=O)[nH]n(C3CCCCC3)c2=O)c1O. The number of hydrogen-bond donors (Lipinski definition) is 3. The molecule has 1 amide bonds. The Bertz CT molecular complexity index is 1140. The highest BCUT2D eigenvalue weighted by molar-refractivity contribution is 9.10. The van der Waals surface area contributed by atoms with Crippen molar-refractivity contribution >= 4 is 33.2 Å². The lowest BCUT2D eigenvalue weighted by molar-refractivity contribution is 0.0824. The monoisotopic (exact) mass is 475 g/mol. The molecule has 0 radical (unpaired) electrons. The number of aromatic amines is 1. The standard InChI is InChI=1S/C20H22BrN5O4/c1-25(2)19(29)13-8-11(10-22)9-14(17(13)27)23-16-15(21)18(28)24-26(20(16)30)12-6-4-3-5-7-12/h8-9,12,23,27H,3-7H2,1-2H3,(H,24,28). The fourth-order valence-electron chi connectivity index (χ4n) is 3.57. The summed E-state index contributed by atoms with van der Waals surface area (Å²) in [6, 6.07) is 4.41. The van der Waals surface area contributed by atoms with Gasteiger partial charge >= 0.3 is 0 Å². The molecule has 3 N–H and O–H groups in total. The maximum Gasteiger partial charge on any atom is 0.290 e. The molecule has 9 nitrogen and oxygen atoms in total. The largest absolute Gasteiger partial charge is 0.505 e. The van der Waals surface area contributed by atoms with Gasteiger partial charge in [-0.2, -0.15) is 5.26 Å². The van der Waals surface area contributed by atoms with Crippen LogP contribution in [-0.4, -0.2) is 39.8 Å². The number of nitrogens with zero attached hydrogens (tertiary/aromatic N) is 3. The second-order valence-corrected chi connectivity index (χ2v) is 8.25. The van der Waals surface area contributed by atoms with E-state index in [4.69, 9.17) is 0 Å². The molecule has 0 saturated heterocycles. The van der Waals surface area contributed by atoms with E-state index < -0.39 is 22.8 Å². The summed E-state index contributed by atoms with van der Waals surface area (Å²) >= 11 is 3.14. The van der Waals surface area contributed by atoms with E-state index in [1.54, 1.807) is 0 Å². The predicted octanol–water partition coefficient (Wildman–Crippen LogP) is 2.83. The Labute approximate surface area is 181 Å². The third kappa shape index (κ3) is 4.11. The van der Waals surface area contributed by atoms with E-state index in [9.17, 15) is 24.8 Å². The molecule has 2 aromatic rings. The lowest BCUT2D eigenvalue weighted by atomic mass is 9.96. The number of aromatic nitrogens is 2. The van der Waals surface area contributed by atoms with Gasteiger partial charge in [-0.15, -0.1) is 0 Å². The molecule has 1 fully saturated rings. The molecular formula is C20H22BrN5O4. The Morgan fingerprint density at radius 1 is 1.30 bits per heavy atom. The molecule has 158 valence electrons. The third-order valence-corrected chi connectivity index (χ3v) is 5.91. The van der Waals surface area contributed by atoms with Gasteiger partial charge in [-0.05, 0) is 40.9 Å². The van der Waals surface area contributed by atoms with Gasteiger partial charge in [-0.1, -0.05) is 19.3 Å². The number of aromatic hydroxyl groups is 1. The van der Waals surface area contributed by atoms with Crippen molar-refractivity contribution < 1.29 is 9.90 Å². The molecule has 0 bridgehead atoms. The number of phenolic OH excluding ortho intramolecular Hbond substituents is 1. The number of benzene rings is 1. The van der Waals surface area contributed by atoms with E-state index in [0.717, 1.165) is 32.1 Å². The summed E-state index contributed by atoms with van der Waals surface area (Å²) in [7, 11) is 3.04. The Balaban J connectivity index is 2.13. The van der Waals surface area contributed by atoms with E-state index in [0.29, 0.717) is 0 Å². The van der Waals surface area contributed by atoms with Crippen molar-refractivity contribution in [1.29, 1.82) is 5.26 Å². The zero-order chi connectivity index (χ0) is 22.0. The van der Waals surface area contributed by atoms with Crippen LogP contribution in [0.2, 0.25) is 0 Å². The van der Waals surface area contributed by atoms with Crippen molar-refractivity contribution in [3.63, 3.8) is 0 Å². The Morgan fingerprint density at radius 3 is 2.57 bits per heavy atom. The molecule has 1 aromatic heterocycles. The zero-order valence-corrected chi connectivity index (χ0v) is 18.2. The normalized spacial score (nSPS) is 14.2. The van der Waals surface area contributed by atoms with Crippen LogP contribution in [0, 0.1) is 11.3 Å². The summed E-state index contributed by atoms with van der Waals surface area (Å²) in [5, 5.41) is 25.3. The number of carbonyl (C=O) groups is 1. The van der Waals surface area contributed by atoms with E-state index in [1.165, 1.54) is 35.8 Å². The molecule has 3 rings (SSSR count). The average molecular weight is 476 g/mol. The fraction of sp³-hybridized carbons (Fsp3) is 0.400. The van der Waals surface area contributed by atoms with Crippen molar-refractivity contribution in [3.8, 4) is 11.8 Å². The van der Waals surface area contributed by atoms with Crippen molar-refractivity contribution in [3.05, 3.63) is 48.4 Å². The minimum absolute atomic E-state index is 0.0159. The lowest BCUT2D eigenvalue weighted by Gasteiger charge is -2.24. The smallest absolute Gasteiger partial charge is 0.290 e. The van der Waals surface area contributed by atoms with Crippen LogP contribution < -0.4 is 16.4 Å². The summed E-state index contributed by atoms with van der Waals surface area (Å²) in [6.45, 7) is 0. The van der Waals surface area contributed by atoms with E-state index in [1.807, 2.05) is 6.07 Å². The zero-order valence-electron chi connectivity index (χ0n) is 16.7. The van der Waals surface area contributed by atoms with E-state index in [-0.39, 0.29) is 33.0 Å². The van der Waals surface area contributed by atoms with Gasteiger partial charge in [0.05, 0.1) is 28.9 Å². The van der Waals surface area contributed by atoms with Crippen LogP contribution in [0.5, 0.6) is 5.75 Å². The minimum atomic E-state index is -0.503. The first-order chi connectivity index (χ1) is 14.2. The molecule has 1 aromatic carbocycles. The number of carbonyl (C=O) groups excluding carboxylic acids is 1. The van der Waals surface area contributed by atoms with Crippen molar-refractivity contribution in [2.24, 2.45) is 0 Å². The van der Waals surface area contributed by atoms with Crippen LogP contribution in [0.1, 0.15) is 54.1 Å². The predicted molar refractivity (Wildman–Crippen MR) is 115 cm³/mol. The number of halogens is 1. The number of H-pyrrole nitrogens is 1. The maximum absolute atomic E-state index is 13.1. The van der Waals surface area contributed by atoms with Crippen LogP contribution >= 0.6 is 15.9 Å². The number of nitrogens with one attached hydrogen (secondary N) is 2. The fourth-order valence-corrected chi connectivity index (χ4v) is 3.93. The molecule has 1 heterocycles. The first kappa shape index (κ1) is 21.6. The van der Waals surface area contributed by atoms with Gasteiger partial charge < -0.3 is 15.3 Å². The summed E-state index contributed by atoms with van der Waals surface area (Å²) in [5.74, 6) is -0.916. The molecule has 1 saturated carbocycles. The molecular weight excluding hydrogens is 454 g/mol. The van der Waals surface area contributed by atoms with Crippen LogP contribution in [0.3, 0.4) is 0 Å². The maximum atomic E-state index is 13.1. The van der Waals surface area contributed by atoms with Crippen LogP contribution in [0.15, 0.2) is 26.2 Å². The highest BCUT2D eigenvalue weighted by Crippen LogP contribution is 2.33. The highest BCUT2D eigenvalue weighted by Gasteiger charge is 2.23. The second kappa shape index (κ2) is 8.75. The number of phenols is 1. The number of rotatable bonds is 4. The van der Waals surface area contributed by atoms with Crippen molar-refractivity contribution in [2.45, 2.75) is 38.1 Å². The molecule has 1 aliphatic carbocycles. The number of hydrogen-bond acceptors (Lipinski definition) is 6. The lowest BCUT2D eigenvalue weighted by Crippen LogP contribution is -2.35. The summed E-state index contributed by atoms with van der Waals surface area (Å²) in [5.41, 5.74) is -1.01.